The fraction of sp³-hybridized carbons (Fsp3) is 0.800. The van der Waals surface area contributed by atoms with Crippen LogP contribution in [-0.4, -0.2) is 36.2 Å². The lowest BCUT2D eigenvalue weighted by atomic mass is 10.1. The molecule has 1 amide bonds. The van der Waals surface area contributed by atoms with Gasteiger partial charge in [-0.15, -0.1) is 0 Å². The zero-order valence-corrected chi connectivity index (χ0v) is 9.50. The van der Waals surface area contributed by atoms with Crippen LogP contribution in [0.3, 0.4) is 0 Å². The Labute approximate surface area is 89.8 Å². The molecule has 0 bridgehead atoms. The Bertz CT molecular complexity index is 225. The van der Waals surface area contributed by atoms with Crippen molar-refractivity contribution in [1.82, 2.24) is 5.32 Å². The molecule has 0 saturated carbocycles. The highest BCUT2D eigenvalue weighted by Crippen LogP contribution is 2.06. The molecular formula is C10H19NO4. The number of carboxylic acids is 1. The summed E-state index contributed by atoms with van der Waals surface area (Å²) in [7, 11) is 1.48. The van der Waals surface area contributed by atoms with Crippen LogP contribution in [0.4, 0.5) is 0 Å². The number of hydrogen-bond acceptors (Lipinski definition) is 3. The molecule has 0 aromatic rings. The van der Waals surface area contributed by atoms with Crippen molar-refractivity contribution >= 4 is 11.9 Å². The quantitative estimate of drug-likeness (QED) is 0.618. The molecule has 0 atom stereocenters. The first kappa shape index (κ1) is 13.9. The highest BCUT2D eigenvalue weighted by atomic mass is 16.5. The minimum atomic E-state index is -0.827. The fourth-order valence-electron chi connectivity index (χ4n) is 0.909. The van der Waals surface area contributed by atoms with Gasteiger partial charge in [-0.05, 0) is 26.7 Å². The molecule has 0 aliphatic carbocycles. The third-order valence-electron chi connectivity index (χ3n) is 2.16. The van der Waals surface area contributed by atoms with Gasteiger partial charge in [-0.2, -0.15) is 0 Å². The number of carbonyl (C=O) groups is 2. The van der Waals surface area contributed by atoms with Crippen LogP contribution >= 0.6 is 0 Å². The summed E-state index contributed by atoms with van der Waals surface area (Å²) in [5.74, 6) is -0.987. The van der Waals surface area contributed by atoms with E-state index in [0.29, 0.717) is 19.4 Å². The molecule has 0 aliphatic heterocycles. The van der Waals surface area contributed by atoms with Gasteiger partial charge in [-0.1, -0.05) is 0 Å². The maximum absolute atomic E-state index is 11.4. The zero-order valence-electron chi connectivity index (χ0n) is 9.50. The van der Waals surface area contributed by atoms with E-state index in [1.54, 1.807) is 13.8 Å². The summed E-state index contributed by atoms with van der Waals surface area (Å²) in [6, 6.07) is 0. The number of amides is 1. The predicted molar refractivity (Wildman–Crippen MR) is 55.6 cm³/mol. The average Bonchev–Trinajstić information content (AvgIpc) is 2.16. The van der Waals surface area contributed by atoms with Crippen LogP contribution in [0.1, 0.15) is 33.1 Å². The van der Waals surface area contributed by atoms with E-state index in [0.717, 1.165) is 0 Å². The molecule has 0 aromatic carbocycles. The van der Waals surface area contributed by atoms with Gasteiger partial charge in [0.2, 0.25) is 0 Å². The molecule has 15 heavy (non-hydrogen) atoms. The molecule has 0 radical (unpaired) electrons. The number of rotatable bonds is 7. The molecule has 0 unspecified atom stereocenters. The minimum Gasteiger partial charge on any atom is -0.481 e. The van der Waals surface area contributed by atoms with E-state index < -0.39 is 11.6 Å². The SMILES string of the molecule is COC(C)(C)C(=O)NCCCCC(=O)O. The summed E-state index contributed by atoms with van der Waals surface area (Å²) in [6.07, 6.45) is 1.38. The lowest BCUT2D eigenvalue weighted by molar-refractivity contribution is -0.139. The van der Waals surface area contributed by atoms with Crippen LogP contribution in [0.15, 0.2) is 0 Å². The molecule has 0 aromatic heterocycles. The van der Waals surface area contributed by atoms with Gasteiger partial charge in [0, 0.05) is 20.1 Å². The van der Waals surface area contributed by atoms with Gasteiger partial charge in [0.05, 0.1) is 0 Å². The summed E-state index contributed by atoms with van der Waals surface area (Å²) < 4.78 is 4.99. The molecule has 2 N–H and O–H groups in total. The maximum atomic E-state index is 11.4. The second-order valence-electron chi connectivity index (χ2n) is 3.82. The van der Waals surface area contributed by atoms with Gasteiger partial charge in [0.1, 0.15) is 5.60 Å². The third-order valence-corrected chi connectivity index (χ3v) is 2.16. The van der Waals surface area contributed by atoms with E-state index in [2.05, 4.69) is 5.32 Å². The highest BCUT2D eigenvalue weighted by Gasteiger charge is 2.26. The van der Waals surface area contributed by atoms with Crippen molar-refractivity contribution in [3.63, 3.8) is 0 Å². The van der Waals surface area contributed by atoms with Crippen LogP contribution in [0, 0.1) is 0 Å². The van der Waals surface area contributed by atoms with Gasteiger partial charge in [-0.3, -0.25) is 9.59 Å². The van der Waals surface area contributed by atoms with Crippen molar-refractivity contribution in [3.8, 4) is 0 Å². The smallest absolute Gasteiger partial charge is 0.303 e. The largest absolute Gasteiger partial charge is 0.481 e. The van der Waals surface area contributed by atoms with Crippen molar-refractivity contribution in [3.05, 3.63) is 0 Å². The van der Waals surface area contributed by atoms with E-state index >= 15 is 0 Å². The summed E-state index contributed by atoms with van der Waals surface area (Å²) in [5, 5.41) is 11.1. The van der Waals surface area contributed by atoms with Crippen LogP contribution in [0.25, 0.3) is 0 Å². The standard InChI is InChI=1S/C10H19NO4/c1-10(2,15-3)9(14)11-7-5-4-6-8(12)13/h4-7H2,1-3H3,(H,11,14)(H,12,13). The lowest BCUT2D eigenvalue weighted by Crippen LogP contribution is -2.43. The number of nitrogens with one attached hydrogen (secondary N) is 1. The summed E-state index contributed by atoms with van der Waals surface area (Å²) in [4.78, 5) is 21.6. The van der Waals surface area contributed by atoms with Crippen LogP contribution in [-0.2, 0) is 14.3 Å². The first-order valence-corrected chi connectivity index (χ1v) is 4.95. The summed E-state index contributed by atoms with van der Waals surface area (Å²) >= 11 is 0. The number of aliphatic carboxylic acids is 1. The summed E-state index contributed by atoms with van der Waals surface area (Å²) in [5.41, 5.74) is -0.827. The molecule has 5 heteroatoms. The van der Waals surface area contributed by atoms with Gasteiger partial charge < -0.3 is 15.2 Å². The Morgan fingerprint density at radius 3 is 2.40 bits per heavy atom. The van der Waals surface area contributed by atoms with Crippen molar-refractivity contribution < 1.29 is 19.4 Å². The van der Waals surface area contributed by atoms with E-state index in [4.69, 9.17) is 9.84 Å². The fourth-order valence-corrected chi connectivity index (χ4v) is 0.909. The summed E-state index contributed by atoms with van der Waals surface area (Å²) in [6.45, 7) is 3.85. The zero-order chi connectivity index (χ0) is 11.9. The van der Waals surface area contributed by atoms with Gasteiger partial charge >= 0.3 is 5.97 Å². The molecule has 88 valence electrons. The van der Waals surface area contributed by atoms with Gasteiger partial charge in [-0.25, -0.2) is 0 Å². The van der Waals surface area contributed by atoms with Gasteiger partial charge in [0.15, 0.2) is 0 Å². The van der Waals surface area contributed by atoms with Crippen LogP contribution in [0.5, 0.6) is 0 Å². The Hall–Kier alpha value is -1.10. The van der Waals surface area contributed by atoms with E-state index in [-0.39, 0.29) is 12.3 Å². The predicted octanol–water partition coefficient (Wildman–Crippen LogP) is 0.782. The van der Waals surface area contributed by atoms with Crippen LogP contribution in [0.2, 0.25) is 0 Å². The second-order valence-corrected chi connectivity index (χ2v) is 3.82. The van der Waals surface area contributed by atoms with Crippen molar-refractivity contribution in [1.29, 1.82) is 0 Å². The molecule has 0 saturated heterocycles. The van der Waals surface area contributed by atoms with Gasteiger partial charge in [0.25, 0.3) is 5.91 Å². The first-order chi connectivity index (χ1) is 6.90. The number of carboxylic acid groups (broad SMARTS) is 1. The Morgan fingerprint density at radius 1 is 1.33 bits per heavy atom. The second kappa shape index (κ2) is 6.40. The number of methoxy groups -OCH3 is 1. The topological polar surface area (TPSA) is 75.6 Å². The van der Waals surface area contributed by atoms with E-state index in [1.807, 2.05) is 0 Å². The molecule has 0 rings (SSSR count). The van der Waals surface area contributed by atoms with Crippen molar-refractivity contribution in [2.75, 3.05) is 13.7 Å². The monoisotopic (exact) mass is 217 g/mol. The maximum Gasteiger partial charge on any atom is 0.303 e. The molecule has 0 heterocycles. The molecule has 0 aliphatic rings. The third kappa shape index (κ3) is 6.06. The van der Waals surface area contributed by atoms with Crippen molar-refractivity contribution in [2.45, 2.75) is 38.7 Å². The van der Waals surface area contributed by atoms with E-state index in [1.165, 1.54) is 7.11 Å². The number of unbranched alkanes of at least 4 members (excludes halogenated alkanes) is 1. The minimum absolute atomic E-state index is 0.142. The number of ether oxygens (including phenoxy) is 1. The highest BCUT2D eigenvalue weighted by molar-refractivity contribution is 5.84. The lowest BCUT2D eigenvalue weighted by Gasteiger charge is -2.21. The van der Waals surface area contributed by atoms with E-state index in [9.17, 15) is 9.59 Å². The molecular weight excluding hydrogens is 198 g/mol. The number of carbonyl (C=O) groups excluding carboxylic acids is 1. The Morgan fingerprint density at radius 2 is 1.93 bits per heavy atom. The van der Waals surface area contributed by atoms with Crippen LogP contribution < -0.4 is 5.32 Å². The van der Waals surface area contributed by atoms with Crippen molar-refractivity contribution in [2.24, 2.45) is 0 Å². The normalized spacial score (nSPS) is 11.1. The Balaban J connectivity index is 3.60. The average molecular weight is 217 g/mol. The molecule has 0 spiro atoms. The number of hydrogen-bond donors (Lipinski definition) is 2. The first-order valence-electron chi connectivity index (χ1n) is 4.95. The Kier molecular flexibility index (Phi) is 5.93. The molecule has 5 nitrogen and oxygen atoms in total. The molecule has 0 fully saturated rings.